The van der Waals surface area contributed by atoms with E-state index >= 15 is 0 Å². The standard InChI is InChI=1S/C20H26N6O3/c21-9-6-20(25-12-16(19(23)29)18(22)24-14-27)7-10-26(11-8-20)13-17(28)15-4-2-1-3-5-15/h1-5,12,14,17,25,28H,6-8,10-11,13H2,(H2,23,29)(H2,22,24,27)/b16-12+. The van der Waals surface area contributed by atoms with Crippen molar-refractivity contribution in [2.24, 2.45) is 16.5 Å². The van der Waals surface area contributed by atoms with E-state index in [1.165, 1.54) is 6.20 Å². The molecule has 1 aliphatic rings. The summed E-state index contributed by atoms with van der Waals surface area (Å²) in [6.45, 7) is 1.82. The van der Waals surface area contributed by atoms with Gasteiger partial charge in [0, 0.05) is 25.8 Å². The number of benzene rings is 1. The zero-order valence-electron chi connectivity index (χ0n) is 16.1. The van der Waals surface area contributed by atoms with Crippen molar-refractivity contribution < 1.29 is 14.7 Å². The number of aliphatic imine (C=N–C) groups is 1. The van der Waals surface area contributed by atoms with E-state index in [2.05, 4.69) is 21.3 Å². The summed E-state index contributed by atoms with van der Waals surface area (Å²) in [5, 5.41) is 22.8. The second kappa shape index (κ2) is 10.4. The number of amidine groups is 1. The van der Waals surface area contributed by atoms with Crippen molar-refractivity contribution in [2.45, 2.75) is 30.9 Å². The van der Waals surface area contributed by atoms with Crippen LogP contribution < -0.4 is 16.8 Å². The molecule has 1 fully saturated rings. The number of nitriles is 1. The molecule has 1 heterocycles. The number of amides is 2. The molecule has 154 valence electrons. The average Bonchev–Trinajstić information content (AvgIpc) is 2.71. The lowest BCUT2D eigenvalue weighted by Gasteiger charge is -2.41. The highest BCUT2D eigenvalue weighted by Gasteiger charge is 2.34. The van der Waals surface area contributed by atoms with Crippen molar-refractivity contribution >= 4 is 18.2 Å². The van der Waals surface area contributed by atoms with Crippen LogP contribution in [-0.4, -0.2) is 53.3 Å². The van der Waals surface area contributed by atoms with Gasteiger partial charge in [0.05, 0.1) is 29.7 Å². The average molecular weight is 398 g/mol. The van der Waals surface area contributed by atoms with Gasteiger partial charge in [-0.2, -0.15) is 10.3 Å². The monoisotopic (exact) mass is 398 g/mol. The number of hydrogen-bond donors (Lipinski definition) is 4. The maximum Gasteiger partial charge on any atom is 0.253 e. The molecule has 0 bridgehead atoms. The van der Waals surface area contributed by atoms with Crippen LogP contribution in [0.15, 0.2) is 47.1 Å². The number of nitrogens with two attached hydrogens (primary N) is 2. The van der Waals surface area contributed by atoms with Crippen LogP contribution in [0, 0.1) is 11.3 Å². The van der Waals surface area contributed by atoms with Crippen LogP contribution >= 0.6 is 0 Å². The molecule has 2 rings (SSSR count). The van der Waals surface area contributed by atoms with Crippen molar-refractivity contribution in [2.75, 3.05) is 19.6 Å². The third-order valence-electron chi connectivity index (χ3n) is 5.10. The number of piperidine rings is 1. The lowest BCUT2D eigenvalue weighted by atomic mass is 9.84. The van der Waals surface area contributed by atoms with E-state index < -0.39 is 17.6 Å². The number of β-amino-alcohol motifs (C(OH)–C–C–N with tert-alkyl or cyclic N) is 1. The van der Waals surface area contributed by atoms with Crippen LogP contribution in [0.2, 0.25) is 0 Å². The van der Waals surface area contributed by atoms with Crippen LogP contribution in [0.5, 0.6) is 0 Å². The summed E-state index contributed by atoms with van der Waals surface area (Å²) in [5.74, 6) is -1.10. The van der Waals surface area contributed by atoms with Crippen LogP contribution in [0.1, 0.15) is 30.9 Å². The number of hydrogen-bond acceptors (Lipinski definition) is 6. The quantitative estimate of drug-likeness (QED) is 0.196. The fourth-order valence-corrected chi connectivity index (χ4v) is 3.34. The van der Waals surface area contributed by atoms with Crippen LogP contribution in [-0.2, 0) is 9.59 Å². The van der Waals surface area contributed by atoms with Gasteiger partial charge >= 0.3 is 0 Å². The molecule has 29 heavy (non-hydrogen) atoms. The van der Waals surface area contributed by atoms with Gasteiger partial charge in [-0.3, -0.25) is 9.59 Å². The van der Waals surface area contributed by atoms with Gasteiger partial charge in [0.1, 0.15) is 5.84 Å². The van der Waals surface area contributed by atoms with E-state index in [1.807, 2.05) is 30.3 Å². The first-order valence-electron chi connectivity index (χ1n) is 9.28. The SMILES string of the molecule is N#CCC1(N/C=C(/C(N)=O)C(N)=NC=O)CCN(CC(O)c2ccccc2)CC1. The first-order valence-corrected chi connectivity index (χ1v) is 9.28. The summed E-state index contributed by atoms with van der Waals surface area (Å²) in [6, 6.07) is 11.6. The molecule has 1 aromatic carbocycles. The van der Waals surface area contributed by atoms with Crippen molar-refractivity contribution in [3.05, 3.63) is 47.7 Å². The van der Waals surface area contributed by atoms with Gasteiger partial charge in [-0.05, 0) is 18.4 Å². The largest absolute Gasteiger partial charge is 0.387 e. The van der Waals surface area contributed by atoms with Gasteiger partial charge in [0.2, 0.25) is 6.41 Å². The highest BCUT2D eigenvalue weighted by molar-refractivity contribution is 6.20. The van der Waals surface area contributed by atoms with Crippen molar-refractivity contribution in [1.29, 1.82) is 5.26 Å². The molecular weight excluding hydrogens is 372 g/mol. The van der Waals surface area contributed by atoms with Crippen molar-refractivity contribution in [3.63, 3.8) is 0 Å². The van der Waals surface area contributed by atoms with Gasteiger partial charge in [0.25, 0.3) is 5.91 Å². The number of likely N-dealkylation sites (tertiary alicyclic amines) is 1. The fourth-order valence-electron chi connectivity index (χ4n) is 3.34. The molecular formula is C20H26N6O3. The molecule has 1 saturated heterocycles. The predicted molar refractivity (Wildman–Crippen MR) is 108 cm³/mol. The summed E-state index contributed by atoms with van der Waals surface area (Å²) >= 11 is 0. The Morgan fingerprint density at radius 3 is 2.55 bits per heavy atom. The van der Waals surface area contributed by atoms with E-state index in [-0.39, 0.29) is 24.2 Å². The van der Waals surface area contributed by atoms with Crippen LogP contribution in [0.3, 0.4) is 0 Å². The Hall–Kier alpha value is -3.22. The maximum absolute atomic E-state index is 11.6. The molecule has 1 unspecified atom stereocenters. The molecule has 9 nitrogen and oxygen atoms in total. The number of carbonyl (C=O) groups is 2. The molecule has 0 aliphatic carbocycles. The highest BCUT2D eigenvalue weighted by atomic mass is 16.3. The number of nitrogens with zero attached hydrogens (tertiary/aromatic N) is 3. The summed E-state index contributed by atoms with van der Waals surface area (Å²) < 4.78 is 0. The second-order valence-corrected chi connectivity index (χ2v) is 7.03. The number of primary amides is 1. The third-order valence-corrected chi connectivity index (χ3v) is 5.10. The zero-order valence-corrected chi connectivity index (χ0v) is 16.1. The molecule has 1 aliphatic heterocycles. The molecule has 9 heteroatoms. The fraction of sp³-hybridized carbons (Fsp3) is 0.400. The first kappa shape index (κ1) is 22.1. The molecule has 1 aromatic rings. The molecule has 1 atom stereocenters. The molecule has 0 radical (unpaired) electrons. The molecule has 0 spiro atoms. The summed E-state index contributed by atoms with van der Waals surface area (Å²) in [4.78, 5) is 27.6. The van der Waals surface area contributed by atoms with Crippen LogP contribution in [0.4, 0.5) is 0 Å². The number of aliphatic hydroxyl groups excluding tert-OH is 1. The topological polar surface area (TPSA) is 158 Å². The van der Waals surface area contributed by atoms with Gasteiger partial charge < -0.3 is 26.8 Å². The zero-order chi connectivity index (χ0) is 21.3. The molecule has 0 saturated carbocycles. The minimum atomic E-state index is -0.823. The number of nitrogens with one attached hydrogen (secondary N) is 1. The van der Waals surface area contributed by atoms with Gasteiger partial charge in [-0.1, -0.05) is 30.3 Å². The van der Waals surface area contributed by atoms with E-state index in [0.29, 0.717) is 32.5 Å². The number of rotatable bonds is 9. The van der Waals surface area contributed by atoms with E-state index in [9.17, 15) is 20.0 Å². The Bertz CT molecular complexity index is 807. The van der Waals surface area contributed by atoms with Gasteiger partial charge in [-0.15, -0.1) is 0 Å². The first-order chi connectivity index (χ1) is 13.9. The van der Waals surface area contributed by atoms with E-state index in [4.69, 9.17) is 11.5 Å². The minimum absolute atomic E-state index is 0.114. The molecule has 6 N–H and O–H groups in total. The summed E-state index contributed by atoms with van der Waals surface area (Å²) in [7, 11) is 0. The number of aliphatic hydroxyl groups is 1. The van der Waals surface area contributed by atoms with Gasteiger partial charge in [0.15, 0.2) is 0 Å². The second-order valence-electron chi connectivity index (χ2n) is 7.03. The van der Waals surface area contributed by atoms with Crippen molar-refractivity contribution in [3.8, 4) is 6.07 Å². The predicted octanol–water partition coefficient (Wildman–Crippen LogP) is -0.0593. The lowest BCUT2D eigenvalue weighted by Crippen LogP contribution is -2.52. The summed E-state index contributed by atoms with van der Waals surface area (Å²) in [5.41, 5.74) is 11.1. The minimum Gasteiger partial charge on any atom is -0.387 e. The third kappa shape index (κ3) is 6.14. The van der Waals surface area contributed by atoms with E-state index in [1.54, 1.807) is 0 Å². The Morgan fingerprint density at radius 1 is 1.34 bits per heavy atom. The Balaban J connectivity index is 2.04. The Labute approximate surface area is 169 Å². The summed E-state index contributed by atoms with van der Waals surface area (Å²) in [6.07, 6.45) is 2.43. The van der Waals surface area contributed by atoms with E-state index in [0.717, 1.165) is 5.56 Å². The number of carbonyl (C=O) groups excluding carboxylic acids is 2. The lowest BCUT2D eigenvalue weighted by molar-refractivity contribution is -0.114. The maximum atomic E-state index is 11.6. The van der Waals surface area contributed by atoms with Gasteiger partial charge in [-0.25, -0.2) is 0 Å². The Morgan fingerprint density at radius 2 is 2.00 bits per heavy atom. The molecule has 2 amide bonds. The van der Waals surface area contributed by atoms with Crippen LogP contribution in [0.25, 0.3) is 0 Å². The molecule has 0 aromatic heterocycles. The Kier molecular flexibility index (Phi) is 7.88. The highest BCUT2D eigenvalue weighted by Crippen LogP contribution is 2.27. The smallest absolute Gasteiger partial charge is 0.253 e. The normalized spacial score (nSPS) is 18.5. The van der Waals surface area contributed by atoms with Crippen molar-refractivity contribution in [1.82, 2.24) is 10.2 Å².